The number of carbonyl (C=O) groups is 1. The van der Waals surface area contributed by atoms with Crippen LogP contribution in [-0.2, 0) is 16.1 Å². The Morgan fingerprint density at radius 3 is 2.82 bits per heavy atom. The Morgan fingerprint density at radius 1 is 1.41 bits per heavy atom. The normalized spacial score (nSPS) is 23.6. The highest BCUT2D eigenvalue weighted by Gasteiger charge is 2.31. The number of hydrogen-bond donors (Lipinski definition) is 1. The number of hydrogen-bond acceptors (Lipinski definition) is 3. The molecule has 0 heterocycles. The van der Waals surface area contributed by atoms with Crippen LogP contribution >= 0.6 is 0 Å². The van der Waals surface area contributed by atoms with E-state index in [1.54, 1.807) is 18.2 Å². The molecular formula is C13H16FNO2. The topological polar surface area (TPSA) is 52.3 Å². The largest absolute Gasteiger partial charge is 0.460 e. The van der Waals surface area contributed by atoms with Crippen molar-refractivity contribution in [1.82, 2.24) is 0 Å². The van der Waals surface area contributed by atoms with E-state index in [-0.39, 0.29) is 30.4 Å². The van der Waals surface area contributed by atoms with Gasteiger partial charge in [0.25, 0.3) is 0 Å². The molecule has 0 aliphatic heterocycles. The highest BCUT2D eigenvalue weighted by atomic mass is 19.1. The minimum Gasteiger partial charge on any atom is -0.460 e. The molecule has 92 valence electrons. The fraction of sp³-hybridized carbons (Fsp3) is 0.462. The lowest BCUT2D eigenvalue weighted by atomic mass is 10.1. The number of esters is 1. The maximum Gasteiger partial charge on any atom is 0.310 e. The Morgan fingerprint density at radius 2 is 2.18 bits per heavy atom. The Balaban J connectivity index is 1.90. The summed E-state index contributed by atoms with van der Waals surface area (Å²) in [6, 6.07) is 6.17. The lowest BCUT2D eigenvalue weighted by Crippen LogP contribution is -2.31. The second-order valence-electron chi connectivity index (χ2n) is 4.40. The van der Waals surface area contributed by atoms with Crippen molar-refractivity contribution in [3.05, 3.63) is 35.6 Å². The first kappa shape index (κ1) is 12.0. The number of rotatable bonds is 3. The molecule has 0 saturated heterocycles. The first-order valence-electron chi connectivity index (χ1n) is 5.84. The van der Waals surface area contributed by atoms with Gasteiger partial charge in [0.05, 0.1) is 5.92 Å². The van der Waals surface area contributed by atoms with Gasteiger partial charge in [0, 0.05) is 11.6 Å². The Kier molecular flexibility index (Phi) is 3.74. The third-order valence-electron chi connectivity index (χ3n) is 3.20. The van der Waals surface area contributed by atoms with E-state index in [4.69, 9.17) is 10.5 Å². The molecule has 1 saturated carbocycles. The van der Waals surface area contributed by atoms with Crippen molar-refractivity contribution >= 4 is 5.97 Å². The molecular weight excluding hydrogens is 221 g/mol. The average Bonchev–Trinajstić information content (AvgIpc) is 2.74. The molecule has 2 rings (SSSR count). The summed E-state index contributed by atoms with van der Waals surface area (Å²) in [7, 11) is 0. The van der Waals surface area contributed by atoms with Crippen molar-refractivity contribution in [3.8, 4) is 0 Å². The van der Waals surface area contributed by atoms with E-state index in [0.717, 1.165) is 19.3 Å². The van der Waals surface area contributed by atoms with Gasteiger partial charge in [-0.15, -0.1) is 0 Å². The van der Waals surface area contributed by atoms with Gasteiger partial charge in [-0.05, 0) is 18.9 Å². The van der Waals surface area contributed by atoms with Crippen molar-refractivity contribution in [2.75, 3.05) is 0 Å². The fourth-order valence-electron chi connectivity index (χ4n) is 2.15. The molecule has 0 amide bonds. The van der Waals surface area contributed by atoms with E-state index < -0.39 is 0 Å². The van der Waals surface area contributed by atoms with Crippen molar-refractivity contribution in [1.29, 1.82) is 0 Å². The zero-order valence-corrected chi connectivity index (χ0v) is 9.56. The molecule has 2 N–H and O–H groups in total. The summed E-state index contributed by atoms with van der Waals surface area (Å²) in [5, 5.41) is 0. The zero-order valence-electron chi connectivity index (χ0n) is 9.56. The van der Waals surface area contributed by atoms with E-state index in [1.807, 2.05) is 0 Å². The molecule has 1 aromatic rings. The summed E-state index contributed by atoms with van der Waals surface area (Å²) in [6.07, 6.45) is 2.59. The van der Waals surface area contributed by atoms with Gasteiger partial charge in [0.15, 0.2) is 0 Å². The van der Waals surface area contributed by atoms with Crippen LogP contribution in [0.4, 0.5) is 4.39 Å². The van der Waals surface area contributed by atoms with Crippen LogP contribution in [0.5, 0.6) is 0 Å². The highest BCUT2D eigenvalue weighted by Crippen LogP contribution is 2.25. The average molecular weight is 237 g/mol. The van der Waals surface area contributed by atoms with Crippen molar-refractivity contribution in [2.45, 2.75) is 31.9 Å². The van der Waals surface area contributed by atoms with Gasteiger partial charge in [0.2, 0.25) is 0 Å². The smallest absolute Gasteiger partial charge is 0.310 e. The molecule has 2 unspecified atom stereocenters. The van der Waals surface area contributed by atoms with Crippen LogP contribution in [0.1, 0.15) is 24.8 Å². The molecule has 1 aromatic carbocycles. The highest BCUT2D eigenvalue weighted by molar-refractivity contribution is 5.73. The second kappa shape index (κ2) is 5.27. The van der Waals surface area contributed by atoms with E-state index >= 15 is 0 Å². The summed E-state index contributed by atoms with van der Waals surface area (Å²) < 4.78 is 18.4. The van der Waals surface area contributed by atoms with E-state index in [9.17, 15) is 9.18 Å². The van der Waals surface area contributed by atoms with E-state index in [2.05, 4.69) is 0 Å². The number of halogens is 1. The second-order valence-corrected chi connectivity index (χ2v) is 4.40. The fourth-order valence-corrected chi connectivity index (χ4v) is 2.15. The standard InChI is InChI=1S/C13H16FNO2/c14-11-6-2-1-4-9(11)8-17-13(16)10-5-3-7-12(10)15/h1-2,4,6,10,12H,3,5,7-8,15H2. The molecule has 3 nitrogen and oxygen atoms in total. The third kappa shape index (κ3) is 2.82. The van der Waals surface area contributed by atoms with Gasteiger partial charge in [-0.1, -0.05) is 24.6 Å². The molecule has 1 fully saturated rings. The third-order valence-corrected chi connectivity index (χ3v) is 3.20. The molecule has 1 aliphatic carbocycles. The predicted molar refractivity (Wildman–Crippen MR) is 61.5 cm³/mol. The van der Waals surface area contributed by atoms with Crippen molar-refractivity contribution in [2.24, 2.45) is 11.7 Å². The molecule has 17 heavy (non-hydrogen) atoms. The lowest BCUT2D eigenvalue weighted by molar-refractivity contribution is -0.150. The van der Waals surface area contributed by atoms with Crippen LogP contribution in [0.2, 0.25) is 0 Å². The minimum absolute atomic E-state index is 0.0191. The van der Waals surface area contributed by atoms with Crippen LogP contribution in [0, 0.1) is 11.7 Å². The van der Waals surface area contributed by atoms with Gasteiger partial charge in [-0.2, -0.15) is 0 Å². The van der Waals surface area contributed by atoms with Gasteiger partial charge >= 0.3 is 5.97 Å². The zero-order chi connectivity index (χ0) is 12.3. The maximum absolute atomic E-state index is 13.3. The number of nitrogens with two attached hydrogens (primary N) is 1. The first-order valence-corrected chi connectivity index (χ1v) is 5.84. The number of benzene rings is 1. The van der Waals surface area contributed by atoms with Crippen molar-refractivity contribution < 1.29 is 13.9 Å². The monoisotopic (exact) mass is 237 g/mol. The number of ether oxygens (including phenoxy) is 1. The predicted octanol–water partition coefficient (Wildman–Crippen LogP) is 2.00. The van der Waals surface area contributed by atoms with Gasteiger partial charge in [-0.3, -0.25) is 4.79 Å². The maximum atomic E-state index is 13.3. The Bertz CT molecular complexity index is 408. The molecule has 4 heteroatoms. The van der Waals surface area contributed by atoms with Gasteiger partial charge in [-0.25, -0.2) is 4.39 Å². The van der Waals surface area contributed by atoms with Crippen LogP contribution in [0.25, 0.3) is 0 Å². The molecule has 1 aliphatic rings. The summed E-state index contributed by atoms with van der Waals surface area (Å²) in [5.41, 5.74) is 6.20. The summed E-state index contributed by atoms with van der Waals surface area (Å²) >= 11 is 0. The molecule has 0 spiro atoms. The van der Waals surface area contributed by atoms with E-state index in [0.29, 0.717) is 5.56 Å². The Hall–Kier alpha value is -1.42. The van der Waals surface area contributed by atoms with Crippen LogP contribution in [0.15, 0.2) is 24.3 Å². The van der Waals surface area contributed by atoms with Crippen LogP contribution < -0.4 is 5.73 Å². The quantitative estimate of drug-likeness (QED) is 0.818. The number of carbonyl (C=O) groups excluding carboxylic acids is 1. The molecule has 0 aromatic heterocycles. The van der Waals surface area contributed by atoms with Gasteiger partial charge in [0.1, 0.15) is 12.4 Å². The molecule has 0 bridgehead atoms. The summed E-state index contributed by atoms with van der Waals surface area (Å²) in [5.74, 6) is -0.879. The van der Waals surface area contributed by atoms with E-state index in [1.165, 1.54) is 6.07 Å². The lowest BCUT2D eigenvalue weighted by Gasteiger charge is -2.14. The van der Waals surface area contributed by atoms with Crippen LogP contribution in [-0.4, -0.2) is 12.0 Å². The summed E-state index contributed by atoms with van der Waals surface area (Å²) in [4.78, 5) is 11.7. The SMILES string of the molecule is NC1CCCC1C(=O)OCc1ccccc1F. The summed E-state index contributed by atoms with van der Waals surface area (Å²) in [6.45, 7) is -0.0191. The van der Waals surface area contributed by atoms with Gasteiger partial charge < -0.3 is 10.5 Å². The molecule has 0 radical (unpaired) electrons. The van der Waals surface area contributed by atoms with Crippen molar-refractivity contribution in [3.63, 3.8) is 0 Å². The van der Waals surface area contributed by atoms with Crippen LogP contribution in [0.3, 0.4) is 0 Å². The Labute approximate surface area is 99.8 Å². The first-order chi connectivity index (χ1) is 8.18. The minimum atomic E-state index is -0.351. The molecule has 2 atom stereocenters.